The van der Waals surface area contributed by atoms with Gasteiger partial charge in [0.15, 0.2) is 0 Å². The number of carbonyl (C=O) groups is 1. The fraction of sp³-hybridized carbons (Fsp3) is 0.583. The molecule has 2 heterocycles. The van der Waals surface area contributed by atoms with Crippen LogP contribution in [0.25, 0.3) is 0 Å². The molecule has 2 fully saturated rings. The van der Waals surface area contributed by atoms with Gasteiger partial charge in [-0.15, -0.1) is 0 Å². The number of amides is 1. The zero-order valence-corrected chi connectivity index (χ0v) is 18.7. The summed E-state index contributed by atoms with van der Waals surface area (Å²) in [6.45, 7) is 4.22. The summed E-state index contributed by atoms with van der Waals surface area (Å²) in [6, 6.07) is 6.49. The molecule has 1 spiro atoms. The number of carbonyl (C=O) groups excluding carboxylic acids is 1. The van der Waals surface area contributed by atoms with Crippen LogP contribution >= 0.6 is 0 Å². The normalized spacial score (nSPS) is 23.9. The Balaban J connectivity index is 1.35. The summed E-state index contributed by atoms with van der Waals surface area (Å²) >= 11 is 0. The van der Waals surface area contributed by atoms with E-state index in [1.165, 1.54) is 23.4 Å². The Labute approximate surface area is 184 Å². The Kier molecular flexibility index (Phi) is 6.72. The number of nitrogens with one attached hydrogen (secondary N) is 2. The third-order valence-corrected chi connectivity index (χ3v) is 7.17. The highest BCUT2D eigenvalue weighted by molar-refractivity contribution is 5.85. The van der Waals surface area contributed by atoms with Crippen molar-refractivity contribution in [1.82, 2.24) is 25.3 Å². The molecule has 31 heavy (non-hydrogen) atoms. The highest BCUT2D eigenvalue weighted by atomic mass is 19.1. The first-order chi connectivity index (χ1) is 15.0. The van der Waals surface area contributed by atoms with E-state index in [1.54, 1.807) is 12.1 Å². The molecule has 0 unspecified atom stereocenters. The molecule has 7 heteroatoms. The number of aromatic amines is 1. The second-order valence-electron chi connectivity index (χ2n) is 9.31. The molecule has 1 aromatic carbocycles. The van der Waals surface area contributed by atoms with Crippen molar-refractivity contribution in [2.24, 2.45) is 5.41 Å². The van der Waals surface area contributed by atoms with Gasteiger partial charge in [-0.1, -0.05) is 12.1 Å². The van der Waals surface area contributed by atoms with Crippen molar-refractivity contribution in [3.8, 4) is 0 Å². The number of aromatic nitrogens is 2. The maximum atomic E-state index is 13.3. The minimum Gasteiger partial charge on any atom is -0.338 e. The predicted molar refractivity (Wildman–Crippen MR) is 119 cm³/mol. The van der Waals surface area contributed by atoms with E-state index in [0.29, 0.717) is 12.5 Å². The van der Waals surface area contributed by atoms with Crippen LogP contribution in [0, 0.1) is 11.2 Å². The topological polar surface area (TPSA) is 64.3 Å². The summed E-state index contributed by atoms with van der Waals surface area (Å²) in [5.74, 6) is 0.490. The fourth-order valence-corrected chi connectivity index (χ4v) is 5.25. The number of likely N-dealkylation sites (N-methyl/N-ethyl adjacent to an activating group) is 2. The van der Waals surface area contributed by atoms with Crippen LogP contribution < -0.4 is 5.32 Å². The average Bonchev–Trinajstić information content (AvgIpc) is 3.35. The summed E-state index contributed by atoms with van der Waals surface area (Å²) < 4.78 is 13.2. The highest BCUT2D eigenvalue weighted by Crippen LogP contribution is 2.49. The van der Waals surface area contributed by atoms with Gasteiger partial charge in [0, 0.05) is 49.9 Å². The lowest BCUT2D eigenvalue weighted by Crippen LogP contribution is -2.37. The monoisotopic (exact) mass is 427 g/mol. The van der Waals surface area contributed by atoms with Crippen LogP contribution in [-0.2, 0) is 17.9 Å². The zero-order chi connectivity index (χ0) is 21.8. The van der Waals surface area contributed by atoms with E-state index < -0.39 is 0 Å². The summed E-state index contributed by atoms with van der Waals surface area (Å²) in [5, 5.41) is 10.8. The van der Waals surface area contributed by atoms with Crippen molar-refractivity contribution in [3.05, 3.63) is 53.1 Å². The molecular formula is C24H34FN5O. The predicted octanol–water partition coefficient (Wildman–Crippen LogP) is 3.28. The van der Waals surface area contributed by atoms with E-state index in [2.05, 4.69) is 27.5 Å². The SMILES string of the molecule is CNCCN(C)Cc1cn[nH]c1C1CCC2(CC1)CCN(Cc1ccc(F)cc1)C2=O. The van der Waals surface area contributed by atoms with Crippen LogP contribution in [-0.4, -0.2) is 59.6 Å². The number of nitrogens with zero attached hydrogens (tertiary/aromatic N) is 3. The molecule has 1 aliphatic carbocycles. The first-order valence-electron chi connectivity index (χ1n) is 11.4. The molecular weight excluding hydrogens is 393 g/mol. The van der Waals surface area contributed by atoms with Gasteiger partial charge in [0.2, 0.25) is 5.91 Å². The minimum absolute atomic E-state index is 0.208. The number of hydrogen-bond donors (Lipinski definition) is 2. The summed E-state index contributed by atoms with van der Waals surface area (Å²) in [4.78, 5) is 17.6. The third-order valence-electron chi connectivity index (χ3n) is 7.17. The Morgan fingerprint density at radius 3 is 2.71 bits per heavy atom. The number of rotatable bonds is 8. The van der Waals surface area contributed by atoms with E-state index in [0.717, 1.165) is 63.8 Å². The number of hydrogen-bond acceptors (Lipinski definition) is 4. The van der Waals surface area contributed by atoms with Crippen molar-refractivity contribution in [1.29, 1.82) is 0 Å². The summed E-state index contributed by atoms with van der Waals surface area (Å²) in [7, 11) is 4.11. The van der Waals surface area contributed by atoms with Crippen LogP contribution in [0.2, 0.25) is 0 Å². The average molecular weight is 428 g/mol. The number of H-pyrrole nitrogens is 1. The standard InChI is InChI=1S/C24H34FN5O/c1-26-12-14-29(2)17-20-15-27-28-22(20)19-7-9-24(10-8-19)11-13-30(23(24)31)16-18-3-5-21(25)6-4-18/h3-6,15,19,26H,7-14,16-17H2,1-2H3,(H,27,28). The molecule has 2 aliphatic rings. The lowest BCUT2D eigenvalue weighted by atomic mass is 9.68. The number of halogens is 1. The van der Waals surface area contributed by atoms with Crippen LogP contribution in [0.5, 0.6) is 0 Å². The minimum atomic E-state index is -0.238. The van der Waals surface area contributed by atoms with Crippen LogP contribution in [0.3, 0.4) is 0 Å². The number of likely N-dealkylation sites (tertiary alicyclic amines) is 1. The summed E-state index contributed by atoms with van der Waals surface area (Å²) in [5.41, 5.74) is 3.31. The molecule has 168 valence electrons. The Morgan fingerprint density at radius 1 is 1.26 bits per heavy atom. The van der Waals surface area contributed by atoms with Gasteiger partial charge >= 0.3 is 0 Å². The lowest BCUT2D eigenvalue weighted by molar-refractivity contribution is -0.138. The molecule has 1 saturated carbocycles. The maximum Gasteiger partial charge on any atom is 0.229 e. The molecule has 4 rings (SSSR count). The molecule has 0 atom stereocenters. The van der Waals surface area contributed by atoms with Crippen molar-refractivity contribution in [2.75, 3.05) is 33.7 Å². The van der Waals surface area contributed by atoms with Crippen LogP contribution in [0.4, 0.5) is 4.39 Å². The second kappa shape index (κ2) is 9.49. The van der Waals surface area contributed by atoms with E-state index in [1.807, 2.05) is 18.1 Å². The van der Waals surface area contributed by atoms with Crippen molar-refractivity contribution >= 4 is 5.91 Å². The van der Waals surface area contributed by atoms with E-state index in [4.69, 9.17) is 0 Å². The van der Waals surface area contributed by atoms with Crippen LogP contribution in [0.15, 0.2) is 30.5 Å². The van der Waals surface area contributed by atoms with Gasteiger partial charge < -0.3 is 15.1 Å². The second-order valence-corrected chi connectivity index (χ2v) is 9.31. The van der Waals surface area contributed by atoms with Gasteiger partial charge in [-0.3, -0.25) is 9.89 Å². The molecule has 1 aromatic heterocycles. The van der Waals surface area contributed by atoms with Crippen molar-refractivity contribution in [2.45, 2.75) is 51.1 Å². The van der Waals surface area contributed by atoms with E-state index >= 15 is 0 Å². The number of benzene rings is 1. The molecule has 0 radical (unpaired) electrons. The van der Waals surface area contributed by atoms with Gasteiger partial charge in [-0.2, -0.15) is 5.10 Å². The van der Waals surface area contributed by atoms with Crippen molar-refractivity contribution < 1.29 is 9.18 Å². The molecule has 2 aromatic rings. The summed E-state index contributed by atoms with van der Waals surface area (Å²) in [6.07, 6.45) is 6.80. The molecule has 0 bridgehead atoms. The Hall–Kier alpha value is -2.25. The van der Waals surface area contributed by atoms with Crippen LogP contribution in [0.1, 0.15) is 54.8 Å². The molecule has 2 N–H and O–H groups in total. The molecule has 1 aliphatic heterocycles. The largest absolute Gasteiger partial charge is 0.338 e. The van der Waals surface area contributed by atoms with Gasteiger partial charge in [0.1, 0.15) is 5.82 Å². The first kappa shape index (κ1) is 22.0. The smallest absolute Gasteiger partial charge is 0.229 e. The zero-order valence-electron chi connectivity index (χ0n) is 18.7. The highest BCUT2D eigenvalue weighted by Gasteiger charge is 2.48. The van der Waals surface area contributed by atoms with Gasteiger partial charge in [-0.05, 0) is 63.9 Å². The van der Waals surface area contributed by atoms with E-state index in [-0.39, 0.29) is 17.1 Å². The first-order valence-corrected chi connectivity index (χ1v) is 11.4. The van der Waals surface area contributed by atoms with Gasteiger partial charge in [-0.25, -0.2) is 4.39 Å². The maximum absolute atomic E-state index is 13.3. The van der Waals surface area contributed by atoms with Crippen molar-refractivity contribution in [3.63, 3.8) is 0 Å². The lowest BCUT2D eigenvalue weighted by Gasteiger charge is -2.36. The fourth-order valence-electron chi connectivity index (χ4n) is 5.25. The Morgan fingerprint density at radius 2 is 2.00 bits per heavy atom. The molecule has 6 nitrogen and oxygen atoms in total. The van der Waals surface area contributed by atoms with E-state index in [9.17, 15) is 9.18 Å². The van der Waals surface area contributed by atoms with Gasteiger partial charge in [0.25, 0.3) is 0 Å². The Bertz CT molecular complexity index is 872. The molecule has 1 amide bonds. The quantitative estimate of drug-likeness (QED) is 0.679. The molecule has 1 saturated heterocycles. The van der Waals surface area contributed by atoms with Gasteiger partial charge in [0.05, 0.1) is 11.6 Å². The third kappa shape index (κ3) is 4.83.